The summed E-state index contributed by atoms with van der Waals surface area (Å²) >= 11 is 0. The highest BCUT2D eigenvalue weighted by Crippen LogP contribution is 2.25. The van der Waals surface area contributed by atoms with E-state index in [1.165, 1.54) is 32.4 Å². The Hall–Kier alpha value is -3.79. The maximum Gasteiger partial charge on any atom is 0.321 e. The van der Waals surface area contributed by atoms with Crippen LogP contribution in [0.3, 0.4) is 0 Å². The van der Waals surface area contributed by atoms with E-state index in [2.05, 4.69) is 26.6 Å². The molecule has 0 aliphatic carbocycles. The van der Waals surface area contributed by atoms with E-state index >= 15 is 0 Å². The van der Waals surface area contributed by atoms with Gasteiger partial charge in [0.15, 0.2) is 5.82 Å². The predicted octanol–water partition coefficient (Wildman–Crippen LogP) is 3.34. The van der Waals surface area contributed by atoms with Gasteiger partial charge in [0.2, 0.25) is 5.88 Å². The topological polar surface area (TPSA) is 123 Å². The number of sulfonamides is 1. The average Bonchev–Trinajstić information content (AvgIpc) is 2.79. The number of anilines is 2. The van der Waals surface area contributed by atoms with Crippen molar-refractivity contribution < 1.29 is 23.0 Å². The molecule has 0 spiro atoms. The van der Waals surface area contributed by atoms with Gasteiger partial charge in [-0.25, -0.2) is 8.42 Å². The van der Waals surface area contributed by atoms with Gasteiger partial charge in [-0.3, -0.25) is 4.72 Å². The third kappa shape index (κ3) is 5.46. The van der Waals surface area contributed by atoms with Crippen molar-refractivity contribution in [3.05, 3.63) is 72.3 Å². The van der Waals surface area contributed by atoms with Gasteiger partial charge in [-0.15, -0.1) is 6.58 Å². The zero-order chi connectivity index (χ0) is 23.1. The molecule has 1 heterocycles. The largest absolute Gasteiger partial charge is 0.507 e. The number of aromatic hydroxyl groups is 1. The van der Waals surface area contributed by atoms with Crippen LogP contribution in [0.2, 0.25) is 0 Å². The molecule has 0 saturated heterocycles. The van der Waals surface area contributed by atoms with Crippen LogP contribution in [0, 0.1) is 0 Å². The Bertz CT molecular complexity index is 1180. The Morgan fingerprint density at radius 3 is 2.44 bits per heavy atom. The van der Waals surface area contributed by atoms with Gasteiger partial charge in [0.05, 0.1) is 19.1 Å². The quantitative estimate of drug-likeness (QED) is 0.397. The Labute approximate surface area is 186 Å². The van der Waals surface area contributed by atoms with Crippen molar-refractivity contribution in [2.45, 2.75) is 17.9 Å². The van der Waals surface area contributed by atoms with Crippen LogP contribution in [0.5, 0.6) is 17.6 Å². The van der Waals surface area contributed by atoms with Crippen molar-refractivity contribution in [1.82, 2.24) is 9.97 Å². The van der Waals surface area contributed by atoms with Gasteiger partial charge >= 0.3 is 6.01 Å². The van der Waals surface area contributed by atoms with Gasteiger partial charge < -0.3 is 19.9 Å². The van der Waals surface area contributed by atoms with Crippen molar-refractivity contribution in [2.24, 2.45) is 0 Å². The van der Waals surface area contributed by atoms with Crippen molar-refractivity contribution in [2.75, 3.05) is 24.3 Å². The van der Waals surface area contributed by atoms with E-state index in [0.717, 1.165) is 11.1 Å². The maximum atomic E-state index is 12.7. The van der Waals surface area contributed by atoms with Gasteiger partial charge in [-0.1, -0.05) is 24.3 Å². The fourth-order valence-electron chi connectivity index (χ4n) is 2.91. The lowest BCUT2D eigenvalue weighted by molar-refractivity contribution is 0.353. The second kappa shape index (κ2) is 10.0. The van der Waals surface area contributed by atoms with Crippen molar-refractivity contribution in [1.29, 1.82) is 0 Å². The molecule has 10 heteroatoms. The molecule has 0 aliphatic rings. The molecule has 1 aromatic heterocycles. The molecule has 168 valence electrons. The molecule has 0 saturated carbocycles. The highest BCUT2D eigenvalue weighted by atomic mass is 32.2. The van der Waals surface area contributed by atoms with Crippen molar-refractivity contribution in [3.8, 4) is 17.6 Å². The summed E-state index contributed by atoms with van der Waals surface area (Å²) in [5.41, 5.74) is 2.22. The van der Waals surface area contributed by atoms with E-state index < -0.39 is 10.0 Å². The molecule has 0 radical (unpaired) electrons. The number of benzene rings is 2. The van der Waals surface area contributed by atoms with E-state index in [-0.39, 0.29) is 28.4 Å². The van der Waals surface area contributed by atoms with E-state index in [0.29, 0.717) is 18.7 Å². The van der Waals surface area contributed by atoms with Gasteiger partial charge in [-0.2, -0.15) is 9.97 Å². The summed E-state index contributed by atoms with van der Waals surface area (Å²) in [5.74, 6) is 0.402. The first kappa shape index (κ1) is 22.9. The van der Waals surface area contributed by atoms with Crippen LogP contribution in [0.4, 0.5) is 11.5 Å². The van der Waals surface area contributed by atoms with Crippen LogP contribution in [-0.2, 0) is 23.0 Å². The molecule has 0 aliphatic heterocycles. The second-order valence-corrected chi connectivity index (χ2v) is 8.37. The standard InChI is InChI=1S/C22H24N4O5S/c1-4-6-15-7-5-8-16(21(15)27)14-23-17-9-11-18(12-10-17)32(28,29)26-19-13-20(30-2)25-22(24-19)31-3/h4-5,7-13,23,27H,1,6,14H2,2-3H3,(H,24,25,26). The van der Waals surface area contributed by atoms with Gasteiger partial charge in [0, 0.05) is 23.9 Å². The lowest BCUT2D eigenvalue weighted by Gasteiger charge is -2.12. The number of para-hydroxylation sites is 1. The molecule has 3 rings (SSSR count). The highest BCUT2D eigenvalue weighted by Gasteiger charge is 2.17. The summed E-state index contributed by atoms with van der Waals surface area (Å²) in [6.45, 7) is 4.07. The number of ether oxygens (including phenoxy) is 2. The van der Waals surface area contributed by atoms with Crippen molar-refractivity contribution in [3.63, 3.8) is 0 Å². The van der Waals surface area contributed by atoms with Gasteiger partial charge in [0.1, 0.15) is 5.75 Å². The monoisotopic (exact) mass is 456 g/mol. The SMILES string of the molecule is C=CCc1cccc(CNc2ccc(S(=O)(=O)Nc3cc(OC)nc(OC)n3)cc2)c1O. The molecule has 0 unspecified atom stereocenters. The van der Waals surface area contributed by atoms with E-state index in [4.69, 9.17) is 9.47 Å². The number of nitrogens with one attached hydrogen (secondary N) is 2. The molecule has 9 nitrogen and oxygen atoms in total. The van der Waals surface area contributed by atoms with Crippen LogP contribution in [0.15, 0.2) is 66.1 Å². The number of hydrogen-bond acceptors (Lipinski definition) is 8. The number of aromatic nitrogens is 2. The number of nitrogens with zero attached hydrogens (tertiary/aromatic N) is 2. The van der Waals surface area contributed by atoms with Crippen LogP contribution >= 0.6 is 0 Å². The Balaban J connectivity index is 1.71. The minimum absolute atomic E-state index is 0.0192. The van der Waals surface area contributed by atoms with Crippen LogP contribution in [0.25, 0.3) is 0 Å². The molecule has 0 atom stereocenters. The summed E-state index contributed by atoms with van der Waals surface area (Å²) in [6.07, 6.45) is 2.30. The Kier molecular flexibility index (Phi) is 7.16. The minimum atomic E-state index is -3.89. The number of phenols is 1. The first-order chi connectivity index (χ1) is 15.4. The number of methoxy groups -OCH3 is 2. The fourth-order valence-corrected chi connectivity index (χ4v) is 3.90. The van der Waals surface area contributed by atoms with Crippen LogP contribution < -0.4 is 19.5 Å². The molecule has 32 heavy (non-hydrogen) atoms. The fraction of sp³-hybridized carbons (Fsp3) is 0.182. The molecular weight excluding hydrogens is 432 g/mol. The van der Waals surface area contributed by atoms with Gasteiger partial charge in [-0.05, 0) is 36.2 Å². The summed E-state index contributed by atoms with van der Waals surface area (Å²) in [6, 6.07) is 13.1. The van der Waals surface area contributed by atoms with E-state index in [1.807, 2.05) is 18.2 Å². The summed E-state index contributed by atoms with van der Waals surface area (Å²) in [5, 5.41) is 13.5. The average molecular weight is 457 g/mol. The summed E-state index contributed by atoms with van der Waals surface area (Å²) in [7, 11) is -1.12. The molecule has 2 aromatic carbocycles. The number of allylic oxidation sites excluding steroid dienone is 1. The number of hydrogen-bond donors (Lipinski definition) is 3. The minimum Gasteiger partial charge on any atom is -0.507 e. The lowest BCUT2D eigenvalue weighted by atomic mass is 10.1. The lowest BCUT2D eigenvalue weighted by Crippen LogP contribution is -2.14. The van der Waals surface area contributed by atoms with E-state index in [1.54, 1.807) is 18.2 Å². The van der Waals surface area contributed by atoms with E-state index in [9.17, 15) is 13.5 Å². The Morgan fingerprint density at radius 1 is 1.06 bits per heavy atom. The normalized spacial score (nSPS) is 10.9. The smallest absolute Gasteiger partial charge is 0.321 e. The second-order valence-electron chi connectivity index (χ2n) is 6.68. The first-order valence-electron chi connectivity index (χ1n) is 9.60. The molecule has 0 amide bonds. The third-order valence-electron chi connectivity index (χ3n) is 4.53. The molecule has 3 aromatic rings. The van der Waals surface area contributed by atoms with Gasteiger partial charge in [0.25, 0.3) is 10.0 Å². The number of phenolic OH excluding ortho intramolecular Hbond substituents is 1. The molecule has 0 fully saturated rings. The zero-order valence-electron chi connectivity index (χ0n) is 17.7. The highest BCUT2D eigenvalue weighted by molar-refractivity contribution is 7.92. The first-order valence-corrected chi connectivity index (χ1v) is 11.1. The predicted molar refractivity (Wildman–Crippen MR) is 122 cm³/mol. The molecular formula is C22H24N4O5S. The summed E-state index contributed by atoms with van der Waals surface area (Å²) < 4.78 is 37.8. The number of rotatable bonds is 10. The van der Waals surface area contributed by atoms with Crippen LogP contribution in [0.1, 0.15) is 11.1 Å². The maximum absolute atomic E-state index is 12.7. The van der Waals surface area contributed by atoms with Crippen LogP contribution in [-0.4, -0.2) is 37.7 Å². The molecule has 3 N–H and O–H groups in total. The van der Waals surface area contributed by atoms with Crippen molar-refractivity contribution >= 4 is 21.5 Å². The third-order valence-corrected chi connectivity index (χ3v) is 5.90. The summed E-state index contributed by atoms with van der Waals surface area (Å²) in [4.78, 5) is 7.96. The molecule has 0 bridgehead atoms. The Morgan fingerprint density at radius 2 is 1.78 bits per heavy atom. The zero-order valence-corrected chi connectivity index (χ0v) is 18.5.